The molecule has 0 fully saturated rings. The molecule has 0 radical (unpaired) electrons. The Morgan fingerprint density at radius 3 is 2.44 bits per heavy atom. The van der Waals surface area contributed by atoms with Gasteiger partial charge in [0.05, 0.1) is 35.4 Å². The van der Waals surface area contributed by atoms with Crippen LogP contribution in [0.2, 0.25) is 0 Å². The molecule has 1 N–H and O–H groups in total. The van der Waals surface area contributed by atoms with Crippen molar-refractivity contribution in [1.29, 1.82) is 0 Å². The lowest BCUT2D eigenvalue weighted by atomic mass is 10.2. The Morgan fingerprint density at radius 2 is 1.80 bits per heavy atom. The van der Waals surface area contributed by atoms with E-state index in [-0.39, 0.29) is 5.91 Å². The normalized spacial score (nSPS) is 10.9. The highest BCUT2D eigenvalue weighted by Crippen LogP contribution is 2.22. The van der Waals surface area contributed by atoms with E-state index in [1.54, 1.807) is 6.20 Å². The molecule has 0 saturated carbocycles. The fraction of sp³-hybridized carbons (Fsp3) is 0.316. The highest BCUT2D eigenvalue weighted by Gasteiger charge is 2.18. The minimum Gasteiger partial charge on any atom is -0.319 e. The average Bonchev–Trinajstić information content (AvgIpc) is 3.10. The fourth-order valence-electron chi connectivity index (χ4n) is 2.96. The van der Waals surface area contributed by atoms with Crippen LogP contribution < -0.4 is 5.32 Å². The summed E-state index contributed by atoms with van der Waals surface area (Å²) in [7, 11) is 0. The lowest BCUT2D eigenvalue weighted by Gasteiger charge is -2.07. The van der Waals surface area contributed by atoms with Crippen LogP contribution in [0.3, 0.4) is 0 Å². The number of carbonyl (C=O) groups excluding carboxylic acids is 1. The molecule has 3 aromatic rings. The van der Waals surface area contributed by atoms with E-state index in [1.807, 2.05) is 55.3 Å². The highest BCUT2D eigenvalue weighted by molar-refractivity contribution is 6.05. The molecule has 0 unspecified atom stereocenters. The number of benzene rings is 1. The van der Waals surface area contributed by atoms with Gasteiger partial charge in [0.25, 0.3) is 5.91 Å². The fourth-order valence-corrected chi connectivity index (χ4v) is 2.96. The Balaban J connectivity index is 1.83. The van der Waals surface area contributed by atoms with Crippen molar-refractivity contribution in [2.75, 3.05) is 5.32 Å². The Bertz CT molecular complexity index is 892. The maximum atomic E-state index is 12.6. The summed E-state index contributed by atoms with van der Waals surface area (Å²) in [6.45, 7) is 9.21. The molecule has 130 valence electrons. The van der Waals surface area contributed by atoms with E-state index in [0.717, 1.165) is 29.3 Å². The van der Waals surface area contributed by atoms with Crippen molar-refractivity contribution in [1.82, 2.24) is 19.6 Å². The second kappa shape index (κ2) is 6.93. The maximum absolute atomic E-state index is 12.6. The predicted molar refractivity (Wildman–Crippen MR) is 97.8 cm³/mol. The Labute approximate surface area is 147 Å². The van der Waals surface area contributed by atoms with E-state index in [2.05, 4.69) is 27.6 Å². The first-order chi connectivity index (χ1) is 12.0. The average molecular weight is 337 g/mol. The van der Waals surface area contributed by atoms with E-state index < -0.39 is 0 Å². The van der Waals surface area contributed by atoms with Crippen LogP contribution in [0.4, 0.5) is 5.69 Å². The molecule has 6 heteroatoms. The number of carbonyl (C=O) groups is 1. The predicted octanol–water partition coefficient (Wildman–Crippen LogP) is 3.33. The number of amides is 1. The summed E-state index contributed by atoms with van der Waals surface area (Å²) in [5, 5.41) is 11.8. The number of aryl methyl sites for hydroxylation is 2. The van der Waals surface area contributed by atoms with Crippen molar-refractivity contribution in [3.63, 3.8) is 0 Å². The summed E-state index contributed by atoms with van der Waals surface area (Å²) in [6.07, 6.45) is 1.62. The molecule has 0 atom stereocenters. The molecule has 1 amide bonds. The lowest BCUT2D eigenvalue weighted by molar-refractivity contribution is 0.102. The summed E-state index contributed by atoms with van der Waals surface area (Å²) in [6, 6.07) is 10.2. The second-order valence-electron chi connectivity index (χ2n) is 6.10. The van der Waals surface area contributed by atoms with Crippen LogP contribution in [0.1, 0.15) is 39.9 Å². The zero-order valence-electron chi connectivity index (χ0n) is 15.1. The minimum atomic E-state index is -0.150. The molecular formula is C19H23N5O. The standard InChI is InChI=1S/C19H23N5O/c1-5-23-14(3)17(11-20-23)19(25)21-18-13(2)22-24(15(18)4)12-16-9-7-6-8-10-16/h6-11H,5,12H2,1-4H3,(H,21,25). The van der Waals surface area contributed by atoms with E-state index in [9.17, 15) is 4.79 Å². The van der Waals surface area contributed by atoms with Gasteiger partial charge < -0.3 is 5.32 Å². The van der Waals surface area contributed by atoms with Gasteiger partial charge in [-0.2, -0.15) is 10.2 Å². The van der Waals surface area contributed by atoms with Crippen LogP contribution in [-0.4, -0.2) is 25.5 Å². The van der Waals surface area contributed by atoms with Crippen LogP contribution in [0.15, 0.2) is 36.5 Å². The van der Waals surface area contributed by atoms with E-state index in [1.165, 1.54) is 5.56 Å². The van der Waals surface area contributed by atoms with Crippen molar-refractivity contribution >= 4 is 11.6 Å². The number of aromatic nitrogens is 4. The van der Waals surface area contributed by atoms with Crippen LogP contribution in [-0.2, 0) is 13.1 Å². The van der Waals surface area contributed by atoms with Gasteiger partial charge in [-0.25, -0.2) is 0 Å². The van der Waals surface area contributed by atoms with Gasteiger partial charge in [-0.3, -0.25) is 14.2 Å². The van der Waals surface area contributed by atoms with Gasteiger partial charge in [0.2, 0.25) is 0 Å². The van der Waals surface area contributed by atoms with Crippen LogP contribution in [0.5, 0.6) is 0 Å². The molecular weight excluding hydrogens is 314 g/mol. The Hall–Kier alpha value is -2.89. The molecule has 0 aliphatic carbocycles. The molecule has 3 rings (SSSR count). The van der Waals surface area contributed by atoms with Crippen molar-refractivity contribution < 1.29 is 4.79 Å². The number of rotatable bonds is 5. The van der Waals surface area contributed by atoms with Crippen LogP contribution in [0.25, 0.3) is 0 Å². The van der Waals surface area contributed by atoms with Gasteiger partial charge in [0.1, 0.15) is 0 Å². The summed E-state index contributed by atoms with van der Waals surface area (Å²) >= 11 is 0. The summed E-state index contributed by atoms with van der Waals surface area (Å²) in [4.78, 5) is 12.6. The molecule has 0 bridgehead atoms. The molecule has 2 aromatic heterocycles. The smallest absolute Gasteiger partial charge is 0.259 e. The molecule has 6 nitrogen and oxygen atoms in total. The number of anilines is 1. The van der Waals surface area contributed by atoms with Gasteiger partial charge in [0.15, 0.2) is 0 Å². The molecule has 1 aromatic carbocycles. The topological polar surface area (TPSA) is 64.7 Å². The molecule has 2 heterocycles. The van der Waals surface area contributed by atoms with E-state index in [4.69, 9.17) is 0 Å². The summed E-state index contributed by atoms with van der Waals surface area (Å²) in [5.41, 5.74) is 5.15. The third-order valence-corrected chi connectivity index (χ3v) is 4.44. The van der Waals surface area contributed by atoms with E-state index >= 15 is 0 Å². The zero-order valence-corrected chi connectivity index (χ0v) is 15.1. The van der Waals surface area contributed by atoms with Gasteiger partial charge in [-0.05, 0) is 33.3 Å². The number of nitrogens with one attached hydrogen (secondary N) is 1. The van der Waals surface area contributed by atoms with Gasteiger partial charge in [0, 0.05) is 12.2 Å². The number of hydrogen-bond donors (Lipinski definition) is 1. The Kier molecular flexibility index (Phi) is 4.70. The van der Waals surface area contributed by atoms with Crippen molar-refractivity contribution in [3.05, 3.63) is 64.7 Å². The summed E-state index contributed by atoms with van der Waals surface area (Å²) < 4.78 is 3.73. The Morgan fingerprint density at radius 1 is 1.08 bits per heavy atom. The SMILES string of the molecule is CCn1ncc(C(=O)Nc2c(C)nn(Cc3ccccc3)c2C)c1C. The number of hydrogen-bond acceptors (Lipinski definition) is 3. The quantitative estimate of drug-likeness (QED) is 0.777. The van der Waals surface area contributed by atoms with Crippen molar-refractivity contribution in [2.45, 2.75) is 40.8 Å². The first-order valence-corrected chi connectivity index (χ1v) is 8.43. The van der Waals surface area contributed by atoms with E-state index in [0.29, 0.717) is 12.1 Å². The third kappa shape index (κ3) is 3.33. The first kappa shape index (κ1) is 17.0. The molecule has 0 aliphatic heterocycles. The third-order valence-electron chi connectivity index (χ3n) is 4.44. The van der Waals surface area contributed by atoms with Crippen LogP contribution >= 0.6 is 0 Å². The molecule has 0 spiro atoms. The first-order valence-electron chi connectivity index (χ1n) is 8.43. The van der Waals surface area contributed by atoms with Crippen molar-refractivity contribution in [2.24, 2.45) is 0 Å². The molecule has 0 saturated heterocycles. The van der Waals surface area contributed by atoms with Gasteiger partial charge in [-0.15, -0.1) is 0 Å². The van der Waals surface area contributed by atoms with Crippen LogP contribution in [0, 0.1) is 20.8 Å². The zero-order chi connectivity index (χ0) is 18.0. The monoisotopic (exact) mass is 337 g/mol. The maximum Gasteiger partial charge on any atom is 0.259 e. The highest BCUT2D eigenvalue weighted by atomic mass is 16.1. The molecule has 0 aliphatic rings. The second-order valence-corrected chi connectivity index (χ2v) is 6.10. The lowest BCUT2D eigenvalue weighted by Crippen LogP contribution is -2.14. The molecule has 25 heavy (non-hydrogen) atoms. The van der Waals surface area contributed by atoms with Gasteiger partial charge in [-0.1, -0.05) is 30.3 Å². The number of nitrogens with zero attached hydrogens (tertiary/aromatic N) is 4. The largest absolute Gasteiger partial charge is 0.319 e. The minimum absolute atomic E-state index is 0.150. The summed E-state index contributed by atoms with van der Waals surface area (Å²) in [5.74, 6) is -0.150. The van der Waals surface area contributed by atoms with Gasteiger partial charge >= 0.3 is 0 Å². The van der Waals surface area contributed by atoms with Crippen molar-refractivity contribution in [3.8, 4) is 0 Å².